The van der Waals surface area contributed by atoms with Crippen LogP contribution in [0.15, 0.2) is 12.4 Å². The van der Waals surface area contributed by atoms with Gasteiger partial charge in [0, 0.05) is 0 Å². The molecule has 2 N–H and O–H groups in total. The Balaban J connectivity index is 2.24. The van der Waals surface area contributed by atoms with Crippen molar-refractivity contribution in [3.63, 3.8) is 0 Å². The lowest BCUT2D eigenvalue weighted by atomic mass is 10.3. The topological polar surface area (TPSA) is 96.9 Å². The van der Waals surface area contributed by atoms with Gasteiger partial charge in [-0.25, -0.2) is 18.1 Å². The lowest BCUT2D eigenvalue weighted by Gasteiger charge is -2.06. The minimum Gasteiger partial charge on any atom is -0.317 e. The lowest BCUT2D eigenvalue weighted by Crippen LogP contribution is -2.20. The second-order valence-corrected chi connectivity index (χ2v) is 5.69. The molecule has 1 heterocycles. The molecule has 1 aromatic rings. The largest absolute Gasteiger partial charge is 0.317 e. The Labute approximate surface area is 107 Å². The molecule has 18 heavy (non-hydrogen) atoms. The Morgan fingerprint density at radius 1 is 1.22 bits per heavy atom. The van der Waals surface area contributed by atoms with Gasteiger partial charge in [-0.2, -0.15) is 5.10 Å². The lowest BCUT2D eigenvalue weighted by molar-refractivity contribution is 0.590. The molecule has 0 aliphatic rings. The smallest absolute Gasteiger partial charge is 0.256 e. The van der Waals surface area contributed by atoms with Crippen LogP contribution >= 0.6 is 0 Å². The first-order valence-corrected chi connectivity index (χ1v) is 7.64. The molecule has 1 aromatic heterocycles. The highest BCUT2D eigenvalue weighted by atomic mass is 32.2. The van der Waals surface area contributed by atoms with Crippen LogP contribution in [0.5, 0.6) is 0 Å². The van der Waals surface area contributed by atoms with Gasteiger partial charge in [0.15, 0.2) is 0 Å². The van der Waals surface area contributed by atoms with E-state index in [9.17, 15) is 8.42 Å². The normalized spacial score (nSPS) is 11.4. The number of sulfonamides is 1. The summed E-state index contributed by atoms with van der Waals surface area (Å²) in [6.07, 6.45) is 5.29. The van der Waals surface area contributed by atoms with Gasteiger partial charge in [0.25, 0.3) is 5.95 Å². The minimum atomic E-state index is -3.37. The van der Waals surface area contributed by atoms with Gasteiger partial charge in [0.05, 0.1) is 18.1 Å². The quantitative estimate of drug-likeness (QED) is 0.632. The molecule has 0 saturated carbocycles. The maximum atomic E-state index is 11.6. The van der Waals surface area contributed by atoms with Crippen molar-refractivity contribution in [1.82, 2.24) is 20.5 Å². The van der Waals surface area contributed by atoms with E-state index in [2.05, 4.69) is 32.1 Å². The minimum absolute atomic E-state index is 0.0154. The molecule has 8 heteroatoms. The summed E-state index contributed by atoms with van der Waals surface area (Å²) >= 11 is 0. The Hall–Kier alpha value is -1.28. The summed E-state index contributed by atoms with van der Waals surface area (Å²) in [5, 5.41) is 10.3. The third-order valence-corrected chi connectivity index (χ3v) is 3.49. The molecule has 0 atom stereocenters. The van der Waals surface area contributed by atoms with Gasteiger partial charge < -0.3 is 5.32 Å². The molecular formula is C10H19N5O2S. The average molecular weight is 273 g/mol. The second-order valence-electron chi connectivity index (χ2n) is 3.84. The van der Waals surface area contributed by atoms with E-state index >= 15 is 0 Å². The van der Waals surface area contributed by atoms with Gasteiger partial charge >= 0.3 is 0 Å². The fraction of sp³-hybridized carbons (Fsp3) is 0.700. The Bertz CT molecular complexity index is 423. The van der Waals surface area contributed by atoms with Crippen molar-refractivity contribution >= 4 is 16.0 Å². The SMILES string of the molecule is CCCNCCCCS(=O)(=O)Nc1nccnn1. The molecule has 7 nitrogen and oxygen atoms in total. The van der Waals surface area contributed by atoms with Crippen LogP contribution in [-0.4, -0.2) is 42.4 Å². The van der Waals surface area contributed by atoms with Gasteiger partial charge in [-0.1, -0.05) is 6.92 Å². The van der Waals surface area contributed by atoms with Crippen molar-refractivity contribution in [3.05, 3.63) is 12.4 Å². The molecule has 0 saturated heterocycles. The number of unbranched alkanes of at least 4 members (excludes halogenated alkanes) is 1. The van der Waals surface area contributed by atoms with Crippen LogP contribution in [0.25, 0.3) is 0 Å². The van der Waals surface area contributed by atoms with Crippen LogP contribution in [-0.2, 0) is 10.0 Å². The van der Waals surface area contributed by atoms with Crippen molar-refractivity contribution in [2.24, 2.45) is 0 Å². The highest BCUT2D eigenvalue weighted by molar-refractivity contribution is 7.92. The van der Waals surface area contributed by atoms with Gasteiger partial charge in [-0.15, -0.1) is 5.10 Å². The number of rotatable bonds is 9. The molecular weight excluding hydrogens is 254 g/mol. The van der Waals surface area contributed by atoms with E-state index in [1.165, 1.54) is 12.4 Å². The molecule has 0 amide bonds. The summed E-state index contributed by atoms with van der Waals surface area (Å²) in [5.74, 6) is 0.0839. The molecule has 102 valence electrons. The van der Waals surface area contributed by atoms with Gasteiger partial charge in [-0.3, -0.25) is 0 Å². The van der Waals surface area contributed by atoms with Crippen LogP contribution in [0.1, 0.15) is 26.2 Å². The van der Waals surface area contributed by atoms with E-state index in [1.807, 2.05) is 0 Å². The van der Waals surface area contributed by atoms with E-state index < -0.39 is 10.0 Å². The van der Waals surface area contributed by atoms with Crippen molar-refractivity contribution in [3.8, 4) is 0 Å². The number of hydrogen-bond donors (Lipinski definition) is 2. The highest BCUT2D eigenvalue weighted by Gasteiger charge is 2.11. The number of hydrogen-bond acceptors (Lipinski definition) is 6. The fourth-order valence-corrected chi connectivity index (χ4v) is 2.39. The van der Waals surface area contributed by atoms with Gasteiger partial charge in [0.2, 0.25) is 10.0 Å². The van der Waals surface area contributed by atoms with Crippen molar-refractivity contribution in [1.29, 1.82) is 0 Å². The van der Waals surface area contributed by atoms with E-state index in [-0.39, 0.29) is 11.7 Å². The monoisotopic (exact) mass is 273 g/mol. The highest BCUT2D eigenvalue weighted by Crippen LogP contribution is 2.01. The van der Waals surface area contributed by atoms with Crippen molar-refractivity contribution < 1.29 is 8.42 Å². The summed E-state index contributed by atoms with van der Waals surface area (Å²) in [7, 11) is -3.37. The van der Waals surface area contributed by atoms with E-state index in [4.69, 9.17) is 0 Å². The fourth-order valence-electron chi connectivity index (χ4n) is 1.33. The maximum Gasteiger partial charge on any atom is 0.256 e. The zero-order valence-corrected chi connectivity index (χ0v) is 11.3. The van der Waals surface area contributed by atoms with Gasteiger partial charge in [-0.05, 0) is 32.4 Å². The molecule has 1 rings (SSSR count). The first-order chi connectivity index (χ1) is 8.64. The zero-order valence-electron chi connectivity index (χ0n) is 10.5. The first-order valence-electron chi connectivity index (χ1n) is 5.99. The zero-order chi connectivity index (χ0) is 13.3. The Morgan fingerprint density at radius 3 is 2.72 bits per heavy atom. The average Bonchev–Trinajstić information content (AvgIpc) is 2.34. The molecule has 0 aromatic carbocycles. The van der Waals surface area contributed by atoms with Crippen molar-refractivity contribution in [2.75, 3.05) is 23.6 Å². The molecule has 0 aliphatic carbocycles. The maximum absolute atomic E-state index is 11.6. The standard InChI is InChI=1S/C10H19N5O2S/c1-2-5-11-6-3-4-9-18(16,17)15-10-12-7-8-13-14-10/h7-8,11H,2-6,9H2,1H3,(H,12,14,15). The Kier molecular flexibility index (Phi) is 6.51. The molecule has 0 aliphatic heterocycles. The number of anilines is 1. The summed E-state index contributed by atoms with van der Waals surface area (Å²) in [4.78, 5) is 3.76. The number of aromatic nitrogens is 3. The van der Waals surface area contributed by atoms with E-state index in [0.717, 1.165) is 25.9 Å². The number of nitrogens with one attached hydrogen (secondary N) is 2. The Morgan fingerprint density at radius 2 is 2.06 bits per heavy atom. The molecule has 0 bridgehead atoms. The summed E-state index contributed by atoms with van der Waals surface area (Å²) < 4.78 is 25.6. The van der Waals surface area contributed by atoms with Crippen LogP contribution in [0.3, 0.4) is 0 Å². The summed E-state index contributed by atoms with van der Waals surface area (Å²) in [6.45, 7) is 3.90. The number of nitrogens with zero attached hydrogens (tertiary/aromatic N) is 3. The molecule has 0 fully saturated rings. The van der Waals surface area contributed by atoms with Crippen LogP contribution < -0.4 is 10.0 Å². The van der Waals surface area contributed by atoms with Crippen LogP contribution in [0.2, 0.25) is 0 Å². The molecule has 0 unspecified atom stereocenters. The third kappa shape index (κ3) is 6.45. The summed E-state index contributed by atoms with van der Waals surface area (Å²) in [5.41, 5.74) is 0. The third-order valence-electron chi connectivity index (χ3n) is 2.17. The van der Waals surface area contributed by atoms with Crippen LogP contribution in [0, 0.1) is 0 Å². The first kappa shape index (κ1) is 14.8. The van der Waals surface area contributed by atoms with Gasteiger partial charge in [0.1, 0.15) is 0 Å². The second kappa shape index (κ2) is 7.93. The molecule has 0 radical (unpaired) electrons. The molecule has 0 spiro atoms. The predicted octanol–water partition coefficient (Wildman–Crippen LogP) is 0.393. The predicted molar refractivity (Wildman–Crippen MR) is 69.6 cm³/mol. The van der Waals surface area contributed by atoms with Crippen LogP contribution in [0.4, 0.5) is 5.95 Å². The van der Waals surface area contributed by atoms with E-state index in [0.29, 0.717) is 6.42 Å². The van der Waals surface area contributed by atoms with Crippen molar-refractivity contribution in [2.45, 2.75) is 26.2 Å². The van der Waals surface area contributed by atoms with E-state index in [1.54, 1.807) is 0 Å². The summed E-state index contributed by atoms with van der Waals surface area (Å²) in [6, 6.07) is 0.